The minimum Gasteiger partial charge on any atom is -0.481 e. The first kappa shape index (κ1) is 20.9. The lowest BCUT2D eigenvalue weighted by Gasteiger charge is -2.19. The molecule has 1 amide bonds. The molecule has 0 radical (unpaired) electrons. The highest BCUT2D eigenvalue weighted by atomic mass is 16.5. The van der Waals surface area contributed by atoms with Gasteiger partial charge in [0.15, 0.2) is 0 Å². The topological polar surface area (TPSA) is 75.6 Å². The minimum atomic E-state index is -0.885. The average Bonchev–Trinajstić information content (AvgIpc) is 3.15. The van der Waals surface area contributed by atoms with Gasteiger partial charge in [0.1, 0.15) is 11.5 Å². The van der Waals surface area contributed by atoms with Crippen molar-refractivity contribution in [2.24, 2.45) is 5.92 Å². The number of hydrogen-bond acceptors (Lipinski definition) is 3. The highest BCUT2D eigenvalue weighted by Gasteiger charge is 2.25. The standard InChI is InChI=1S/C26H27NO4/c1-17-5-4-7-20(15-17)31-21-12-9-19(11-14-25(28)29)23(16-21)26(30)27-24-13-10-18-6-2-3-8-22(18)24/h2-9,12,16-17,24H,10-11,13-15H2,1H3,(H,27,30)(H,28,29)/t17?,24-/m1/s1. The van der Waals surface area contributed by atoms with Crippen molar-refractivity contribution in [2.75, 3.05) is 0 Å². The van der Waals surface area contributed by atoms with Crippen molar-refractivity contribution in [3.05, 3.63) is 88.7 Å². The van der Waals surface area contributed by atoms with Gasteiger partial charge in [-0.3, -0.25) is 9.59 Å². The second kappa shape index (κ2) is 9.21. The third-order valence-electron chi connectivity index (χ3n) is 5.87. The minimum absolute atomic E-state index is 0.0276. The first-order valence-corrected chi connectivity index (χ1v) is 10.8. The van der Waals surface area contributed by atoms with E-state index in [1.165, 1.54) is 5.56 Å². The molecule has 0 bridgehead atoms. The number of aliphatic carboxylic acids is 1. The molecule has 0 spiro atoms. The fraction of sp³-hybridized carbons (Fsp3) is 0.308. The number of carbonyl (C=O) groups is 2. The molecule has 0 heterocycles. The van der Waals surface area contributed by atoms with Gasteiger partial charge in [-0.2, -0.15) is 0 Å². The molecule has 160 valence electrons. The van der Waals surface area contributed by atoms with E-state index in [0.717, 1.165) is 30.6 Å². The number of benzene rings is 2. The van der Waals surface area contributed by atoms with Crippen LogP contribution < -0.4 is 10.1 Å². The van der Waals surface area contributed by atoms with E-state index in [4.69, 9.17) is 9.84 Å². The third kappa shape index (κ3) is 5.05. The molecule has 2 N–H and O–H groups in total. The summed E-state index contributed by atoms with van der Waals surface area (Å²) in [5.74, 6) is 0.761. The lowest BCUT2D eigenvalue weighted by molar-refractivity contribution is -0.136. The van der Waals surface area contributed by atoms with Crippen molar-refractivity contribution in [1.82, 2.24) is 5.32 Å². The van der Waals surface area contributed by atoms with Crippen LogP contribution in [-0.4, -0.2) is 17.0 Å². The predicted molar refractivity (Wildman–Crippen MR) is 119 cm³/mol. The van der Waals surface area contributed by atoms with Crippen LogP contribution in [0.25, 0.3) is 0 Å². The second-order valence-corrected chi connectivity index (χ2v) is 8.28. The Hall–Kier alpha value is -3.34. The normalized spacial score (nSPS) is 19.5. The van der Waals surface area contributed by atoms with Gasteiger partial charge < -0.3 is 15.2 Å². The number of carbonyl (C=O) groups excluding carboxylic acids is 1. The zero-order chi connectivity index (χ0) is 21.8. The molecular weight excluding hydrogens is 390 g/mol. The van der Waals surface area contributed by atoms with E-state index in [9.17, 15) is 9.59 Å². The van der Waals surface area contributed by atoms with Gasteiger partial charge in [-0.1, -0.05) is 49.4 Å². The van der Waals surface area contributed by atoms with Crippen molar-refractivity contribution in [1.29, 1.82) is 0 Å². The molecule has 0 saturated heterocycles. The average molecular weight is 418 g/mol. The Morgan fingerprint density at radius 3 is 2.84 bits per heavy atom. The van der Waals surface area contributed by atoms with Crippen molar-refractivity contribution in [3.63, 3.8) is 0 Å². The molecule has 2 atom stereocenters. The number of amides is 1. The zero-order valence-electron chi connectivity index (χ0n) is 17.6. The fourth-order valence-electron chi connectivity index (χ4n) is 4.27. The Balaban J connectivity index is 1.57. The molecule has 2 aromatic rings. The number of aryl methyl sites for hydroxylation is 2. The lowest BCUT2D eigenvalue weighted by atomic mass is 10.00. The number of fused-ring (bicyclic) bond motifs is 1. The van der Waals surface area contributed by atoms with Crippen molar-refractivity contribution >= 4 is 11.9 Å². The van der Waals surface area contributed by atoms with Gasteiger partial charge in [0.25, 0.3) is 5.91 Å². The smallest absolute Gasteiger partial charge is 0.303 e. The van der Waals surface area contributed by atoms with E-state index < -0.39 is 5.97 Å². The highest BCUT2D eigenvalue weighted by molar-refractivity contribution is 5.96. The van der Waals surface area contributed by atoms with Crippen molar-refractivity contribution in [2.45, 2.75) is 45.1 Å². The molecule has 5 heteroatoms. The highest BCUT2D eigenvalue weighted by Crippen LogP contribution is 2.32. The van der Waals surface area contributed by atoms with Gasteiger partial charge in [-0.25, -0.2) is 0 Å². The van der Waals surface area contributed by atoms with Crippen LogP contribution in [0.4, 0.5) is 0 Å². The number of nitrogens with one attached hydrogen (secondary N) is 1. The molecule has 0 aliphatic heterocycles. The van der Waals surface area contributed by atoms with Gasteiger partial charge in [0.2, 0.25) is 0 Å². The summed E-state index contributed by atoms with van der Waals surface area (Å²) in [5, 5.41) is 12.2. The van der Waals surface area contributed by atoms with Gasteiger partial charge in [-0.05, 0) is 60.1 Å². The lowest BCUT2D eigenvalue weighted by Crippen LogP contribution is -2.28. The van der Waals surface area contributed by atoms with E-state index in [-0.39, 0.29) is 18.4 Å². The van der Waals surface area contributed by atoms with Crippen LogP contribution in [0.5, 0.6) is 5.75 Å². The summed E-state index contributed by atoms with van der Waals surface area (Å²) in [5.41, 5.74) is 3.61. The summed E-state index contributed by atoms with van der Waals surface area (Å²) in [6.45, 7) is 2.13. The van der Waals surface area contributed by atoms with Gasteiger partial charge in [-0.15, -0.1) is 0 Å². The van der Waals surface area contributed by atoms with Crippen LogP contribution in [0.2, 0.25) is 0 Å². The van der Waals surface area contributed by atoms with Crippen LogP contribution in [0.3, 0.4) is 0 Å². The number of carboxylic acid groups (broad SMARTS) is 1. The molecule has 31 heavy (non-hydrogen) atoms. The first-order chi connectivity index (χ1) is 15.0. The van der Waals surface area contributed by atoms with Crippen molar-refractivity contribution < 1.29 is 19.4 Å². The summed E-state index contributed by atoms with van der Waals surface area (Å²) >= 11 is 0. The SMILES string of the molecule is CC1C=CC=C(Oc2ccc(CCC(=O)O)c(C(=O)N[C@@H]3CCc4ccccc43)c2)C1. The Kier molecular flexibility index (Phi) is 6.21. The molecule has 0 fully saturated rings. The molecule has 0 aromatic heterocycles. The summed E-state index contributed by atoms with van der Waals surface area (Å²) in [7, 11) is 0. The summed E-state index contributed by atoms with van der Waals surface area (Å²) < 4.78 is 6.04. The molecule has 5 nitrogen and oxygen atoms in total. The largest absolute Gasteiger partial charge is 0.481 e. The van der Waals surface area contributed by atoms with E-state index in [0.29, 0.717) is 29.2 Å². The van der Waals surface area contributed by atoms with Crippen LogP contribution in [0, 0.1) is 5.92 Å². The van der Waals surface area contributed by atoms with E-state index in [2.05, 4.69) is 30.4 Å². The summed E-state index contributed by atoms with van der Waals surface area (Å²) in [6, 6.07) is 13.5. The Labute approximate surface area is 182 Å². The number of carboxylic acids is 1. The van der Waals surface area contributed by atoms with Crippen LogP contribution in [-0.2, 0) is 17.6 Å². The maximum atomic E-state index is 13.2. The Morgan fingerprint density at radius 2 is 2.03 bits per heavy atom. The molecule has 4 rings (SSSR count). The molecular formula is C26H27NO4. The monoisotopic (exact) mass is 417 g/mol. The Bertz CT molecular complexity index is 1050. The Morgan fingerprint density at radius 1 is 1.19 bits per heavy atom. The summed E-state index contributed by atoms with van der Waals surface area (Å²) in [4.78, 5) is 24.3. The molecule has 2 aromatic carbocycles. The van der Waals surface area contributed by atoms with E-state index >= 15 is 0 Å². The fourth-order valence-corrected chi connectivity index (χ4v) is 4.27. The van der Waals surface area contributed by atoms with Crippen molar-refractivity contribution in [3.8, 4) is 5.75 Å². The number of hydrogen-bond donors (Lipinski definition) is 2. The predicted octanol–water partition coefficient (Wildman–Crippen LogP) is 4.98. The number of ether oxygens (including phenoxy) is 1. The van der Waals surface area contributed by atoms with E-state index in [1.807, 2.05) is 30.4 Å². The quantitative estimate of drug-likeness (QED) is 0.666. The maximum Gasteiger partial charge on any atom is 0.303 e. The van der Waals surface area contributed by atoms with E-state index in [1.54, 1.807) is 12.1 Å². The van der Waals surface area contributed by atoms with Gasteiger partial charge in [0.05, 0.1) is 6.04 Å². The zero-order valence-corrected chi connectivity index (χ0v) is 17.6. The first-order valence-electron chi connectivity index (χ1n) is 10.8. The molecule has 0 saturated carbocycles. The number of allylic oxidation sites excluding steroid dienone is 4. The molecule has 1 unspecified atom stereocenters. The molecule has 2 aliphatic carbocycles. The van der Waals surface area contributed by atoms with Crippen LogP contribution in [0.15, 0.2) is 66.5 Å². The second-order valence-electron chi connectivity index (χ2n) is 8.28. The molecule has 2 aliphatic rings. The van der Waals surface area contributed by atoms with Gasteiger partial charge >= 0.3 is 5.97 Å². The number of rotatable bonds is 7. The maximum absolute atomic E-state index is 13.2. The van der Waals surface area contributed by atoms with Crippen LogP contribution >= 0.6 is 0 Å². The van der Waals surface area contributed by atoms with Crippen LogP contribution in [0.1, 0.15) is 59.3 Å². The summed E-state index contributed by atoms with van der Waals surface area (Å²) in [6.07, 6.45) is 8.92. The third-order valence-corrected chi connectivity index (χ3v) is 5.87. The van der Waals surface area contributed by atoms with Gasteiger partial charge in [0, 0.05) is 18.4 Å².